The van der Waals surface area contributed by atoms with E-state index in [1.54, 1.807) is 0 Å². The maximum absolute atomic E-state index is 11.5. The van der Waals surface area contributed by atoms with E-state index in [9.17, 15) is 14.4 Å². The van der Waals surface area contributed by atoms with Crippen LogP contribution >= 0.6 is 11.3 Å². The highest BCUT2D eigenvalue weighted by atomic mass is 32.1. The van der Waals surface area contributed by atoms with E-state index in [0.29, 0.717) is 5.13 Å². The lowest BCUT2D eigenvalue weighted by Crippen LogP contribution is -2.38. The second kappa shape index (κ2) is 14.5. The third kappa shape index (κ3) is 11.0. The number of nitrogens with two attached hydrogens (primary N) is 2. The number of aromatic nitrogens is 1. The maximum atomic E-state index is 11.5. The Labute approximate surface area is 217 Å². The fourth-order valence-corrected chi connectivity index (χ4v) is 4.77. The Bertz CT molecular complexity index is 1110. The van der Waals surface area contributed by atoms with Gasteiger partial charge in [-0.2, -0.15) is 4.99 Å². The summed E-state index contributed by atoms with van der Waals surface area (Å²) in [6.45, 7) is 3.80. The number of piperidine rings is 1. The summed E-state index contributed by atoms with van der Waals surface area (Å²) < 4.78 is 0. The molecule has 1 aliphatic rings. The third-order valence-electron chi connectivity index (χ3n) is 5.43. The highest BCUT2D eigenvalue weighted by Gasteiger charge is 2.24. The Kier molecular flexibility index (Phi) is 11.4. The van der Waals surface area contributed by atoms with Gasteiger partial charge in [-0.25, -0.2) is 14.6 Å². The van der Waals surface area contributed by atoms with Gasteiger partial charge in [0.05, 0.1) is 12.0 Å². The minimum absolute atomic E-state index is 0.0509. The third-order valence-corrected chi connectivity index (χ3v) is 6.43. The topological polar surface area (TPSA) is 213 Å². The van der Waals surface area contributed by atoms with E-state index in [2.05, 4.69) is 31.2 Å². The van der Waals surface area contributed by atoms with Gasteiger partial charge in [0.2, 0.25) is 11.8 Å². The highest BCUT2D eigenvalue weighted by Crippen LogP contribution is 2.28. The van der Waals surface area contributed by atoms with Crippen LogP contribution in [0.1, 0.15) is 35.9 Å². The number of likely N-dealkylation sites (tertiary alicyclic amines) is 1. The van der Waals surface area contributed by atoms with Crippen LogP contribution in [0.3, 0.4) is 0 Å². The molecule has 0 unspecified atom stereocenters. The molecule has 37 heavy (non-hydrogen) atoms. The van der Waals surface area contributed by atoms with Crippen LogP contribution < -0.4 is 22.1 Å². The number of thiazole rings is 1. The zero-order valence-electron chi connectivity index (χ0n) is 20.3. The summed E-state index contributed by atoms with van der Waals surface area (Å²) in [6, 6.07) is 7.65. The molecule has 3 rings (SSSR count). The van der Waals surface area contributed by atoms with Gasteiger partial charge < -0.3 is 32.3 Å². The van der Waals surface area contributed by atoms with Gasteiger partial charge in [0, 0.05) is 30.0 Å². The average molecular weight is 534 g/mol. The number of carbonyl (C=O) groups is 4. The summed E-state index contributed by atoms with van der Waals surface area (Å²) in [5, 5.41) is 21.9. The molecule has 1 aromatic heterocycles. The molecule has 0 spiro atoms. The number of rotatable bonds is 9. The molecule has 1 aromatic carbocycles. The van der Waals surface area contributed by atoms with Crippen LogP contribution in [0.25, 0.3) is 0 Å². The molecule has 4 amide bonds. The summed E-state index contributed by atoms with van der Waals surface area (Å²) in [6.07, 6.45) is 1.56. The van der Waals surface area contributed by atoms with Crippen LogP contribution in [-0.4, -0.2) is 63.5 Å². The molecule has 200 valence electrons. The summed E-state index contributed by atoms with van der Waals surface area (Å²) in [7, 11) is 0. The fraction of sp³-hybridized carbons (Fsp3) is 0.391. The predicted molar refractivity (Wildman–Crippen MR) is 140 cm³/mol. The average Bonchev–Trinajstić information content (AvgIpc) is 3.18. The molecule has 2 aromatic rings. The second-order valence-electron chi connectivity index (χ2n) is 8.24. The van der Waals surface area contributed by atoms with Crippen molar-refractivity contribution in [1.82, 2.24) is 9.88 Å². The largest absolute Gasteiger partial charge is 0.465 e. The van der Waals surface area contributed by atoms with Gasteiger partial charge in [0.25, 0.3) is 0 Å². The zero-order valence-corrected chi connectivity index (χ0v) is 21.2. The number of amides is 4. The van der Waals surface area contributed by atoms with Crippen molar-refractivity contribution in [2.24, 2.45) is 22.4 Å². The standard InChI is InChI=1S/C22H28N6O4S.CH3NO2/c1-14(29)26-21-27-18(19(33-21)12-28-10-8-16(9-11-28)20(23)30)7-4-15-2-5-17(6-3-15)24-13-25-22(31)32;2-1(3)4/h2-3,5-6,13,16H,4,7-12H2,1H3,(H2,23,30)(H,24,25)(H,31,32)(H,26,27,29);2H2,(H,3,4). The molecule has 0 radical (unpaired) electrons. The fourth-order valence-electron chi connectivity index (χ4n) is 3.68. The quantitative estimate of drug-likeness (QED) is 0.206. The molecule has 1 fully saturated rings. The monoisotopic (exact) mass is 533 g/mol. The van der Waals surface area contributed by atoms with Crippen molar-refractivity contribution in [3.63, 3.8) is 0 Å². The second-order valence-corrected chi connectivity index (χ2v) is 9.33. The van der Waals surface area contributed by atoms with Crippen LogP contribution in [0.5, 0.6) is 0 Å². The van der Waals surface area contributed by atoms with Gasteiger partial charge in [-0.05, 0) is 56.5 Å². The number of aliphatic imine (C=N–C) groups is 1. The first kappa shape index (κ1) is 29.2. The van der Waals surface area contributed by atoms with Crippen LogP contribution in [0, 0.1) is 5.92 Å². The number of anilines is 2. The van der Waals surface area contributed by atoms with Gasteiger partial charge in [-0.15, -0.1) is 11.3 Å². The number of carboxylic acid groups (broad SMARTS) is 2. The van der Waals surface area contributed by atoms with Gasteiger partial charge in [-0.1, -0.05) is 12.1 Å². The molecule has 2 heterocycles. The SMILES string of the molecule is CC(=O)Nc1nc(CCc2ccc(NC=NC(=O)O)cc2)c(CN2CCC(C(N)=O)CC2)s1.NC(=O)O. The van der Waals surface area contributed by atoms with Gasteiger partial charge in [-0.3, -0.25) is 14.5 Å². The van der Waals surface area contributed by atoms with Crippen molar-refractivity contribution < 1.29 is 29.4 Å². The number of nitrogens with one attached hydrogen (secondary N) is 2. The highest BCUT2D eigenvalue weighted by molar-refractivity contribution is 7.15. The van der Waals surface area contributed by atoms with Gasteiger partial charge >= 0.3 is 12.2 Å². The predicted octanol–water partition coefficient (Wildman–Crippen LogP) is 2.33. The number of aryl methyl sites for hydroxylation is 2. The van der Waals surface area contributed by atoms with Crippen molar-refractivity contribution in [2.45, 2.75) is 39.2 Å². The molecular formula is C23H31N7O6S. The number of primary amides is 2. The van der Waals surface area contributed by atoms with Crippen LogP contribution in [0.15, 0.2) is 29.3 Å². The zero-order chi connectivity index (χ0) is 27.4. The molecule has 8 N–H and O–H groups in total. The lowest BCUT2D eigenvalue weighted by Gasteiger charge is -2.30. The van der Waals surface area contributed by atoms with Crippen molar-refractivity contribution in [1.29, 1.82) is 0 Å². The summed E-state index contributed by atoms with van der Waals surface area (Å²) in [5.41, 5.74) is 12.3. The van der Waals surface area contributed by atoms with E-state index in [1.165, 1.54) is 18.3 Å². The molecular weight excluding hydrogens is 502 g/mol. The molecule has 14 heteroatoms. The Hall–Kier alpha value is -4.04. The van der Waals surface area contributed by atoms with E-state index >= 15 is 0 Å². The number of nitrogens with zero attached hydrogens (tertiary/aromatic N) is 3. The van der Waals surface area contributed by atoms with Crippen molar-refractivity contribution in [2.75, 3.05) is 23.7 Å². The summed E-state index contributed by atoms with van der Waals surface area (Å²) in [5.74, 6) is -0.430. The van der Waals surface area contributed by atoms with Crippen LogP contribution in [0.2, 0.25) is 0 Å². The van der Waals surface area contributed by atoms with E-state index in [4.69, 9.17) is 20.7 Å². The number of carbonyl (C=O) groups excluding carboxylic acids is 2. The van der Waals surface area contributed by atoms with Crippen molar-refractivity contribution in [3.8, 4) is 0 Å². The van der Waals surface area contributed by atoms with Crippen LogP contribution in [0.4, 0.5) is 20.4 Å². The smallest absolute Gasteiger partial charge is 0.432 e. The number of hydrogen-bond donors (Lipinski definition) is 6. The first-order valence-corrected chi connectivity index (χ1v) is 12.2. The van der Waals surface area contributed by atoms with E-state index in [-0.39, 0.29) is 17.7 Å². The molecule has 0 aliphatic carbocycles. The Morgan fingerprint density at radius 2 is 1.76 bits per heavy atom. The van der Waals surface area contributed by atoms with Crippen molar-refractivity contribution in [3.05, 3.63) is 40.4 Å². The molecule has 0 atom stereocenters. The normalized spacial score (nSPS) is 14.0. The Morgan fingerprint density at radius 1 is 1.14 bits per heavy atom. The molecule has 1 saturated heterocycles. The van der Waals surface area contributed by atoms with Gasteiger partial charge in [0.1, 0.15) is 0 Å². The maximum Gasteiger partial charge on any atom is 0.432 e. The van der Waals surface area contributed by atoms with E-state index in [0.717, 1.165) is 73.5 Å². The molecule has 0 saturated carbocycles. The lowest BCUT2D eigenvalue weighted by molar-refractivity contribution is -0.123. The molecule has 13 nitrogen and oxygen atoms in total. The van der Waals surface area contributed by atoms with Crippen LogP contribution in [-0.2, 0) is 29.0 Å². The Balaban J connectivity index is 0.00000112. The first-order chi connectivity index (χ1) is 17.5. The van der Waals surface area contributed by atoms with E-state index < -0.39 is 12.2 Å². The Morgan fingerprint density at radius 3 is 2.30 bits per heavy atom. The van der Waals surface area contributed by atoms with Crippen molar-refractivity contribution >= 4 is 52.5 Å². The molecule has 0 bridgehead atoms. The lowest BCUT2D eigenvalue weighted by atomic mass is 9.96. The minimum atomic E-state index is -1.33. The van der Waals surface area contributed by atoms with E-state index in [1.807, 2.05) is 24.3 Å². The first-order valence-electron chi connectivity index (χ1n) is 11.4. The van der Waals surface area contributed by atoms with Gasteiger partial charge in [0.15, 0.2) is 5.13 Å². The minimum Gasteiger partial charge on any atom is -0.465 e. The summed E-state index contributed by atoms with van der Waals surface area (Å²) >= 11 is 1.49. The summed E-state index contributed by atoms with van der Waals surface area (Å²) in [4.78, 5) is 53.4. The number of hydrogen-bond acceptors (Lipinski definition) is 7. The molecule has 1 aliphatic heterocycles. The number of benzene rings is 1.